The number of benzene rings is 1. The summed E-state index contributed by atoms with van der Waals surface area (Å²) in [5.41, 5.74) is 1.81. The van der Waals surface area contributed by atoms with Crippen LogP contribution < -0.4 is 10.1 Å². The zero-order chi connectivity index (χ0) is 11.3. The van der Waals surface area contributed by atoms with Crippen molar-refractivity contribution in [3.05, 3.63) is 29.1 Å². The minimum atomic E-state index is -0.178. The van der Waals surface area contributed by atoms with E-state index in [1.807, 2.05) is 20.0 Å². The summed E-state index contributed by atoms with van der Waals surface area (Å²) in [6.45, 7) is 2.82. The maximum atomic E-state index is 13.4. The highest BCUT2D eigenvalue weighted by Crippen LogP contribution is 2.23. The third-order valence-corrected chi connectivity index (χ3v) is 2.47. The average molecular weight is 211 g/mol. The van der Waals surface area contributed by atoms with E-state index >= 15 is 0 Å². The Bertz CT molecular complexity index is 326. The van der Waals surface area contributed by atoms with Crippen molar-refractivity contribution in [1.82, 2.24) is 5.32 Å². The van der Waals surface area contributed by atoms with Gasteiger partial charge in [0, 0.05) is 6.07 Å². The molecule has 0 aromatic heterocycles. The fourth-order valence-corrected chi connectivity index (χ4v) is 1.57. The number of nitrogens with one attached hydrogen (secondary N) is 1. The van der Waals surface area contributed by atoms with Gasteiger partial charge in [0.1, 0.15) is 11.6 Å². The Hall–Kier alpha value is -1.09. The lowest BCUT2D eigenvalue weighted by molar-refractivity contribution is 0.405. The summed E-state index contributed by atoms with van der Waals surface area (Å²) in [7, 11) is 3.47. The van der Waals surface area contributed by atoms with E-state index in [1.54, 1.807) is 7.11 Å². The molecule has 0 atom stereocenters. The summed E-state index contributed by atoms with van der Waals surface area (Å²) in [5.74, 6) is 0.461. The van der Waals surface area contributed by atoms with Crippen molar-refractivity contribution < 1.29 is 9.13 Å². The van der Waals surface area contributed by atoms with Crippen LogP contribution in [0.1, 0.15) is 18.1 Å². The van der Waals surface area contributed by atoms with Crippen LogP contribution >= 0.6 is 0 Å². The van der Waals surface area contributed by atoms with Crippen LogP contribution in [0.15, 0.2) is 12.1 Å². The van der Waals surface area contributed by atoms with E-state index in [0.29, 0.717) is 12.2 Å². The molecule has 0 aliphatic heterocycles. The molecule has 1 N–H and O–H groups in total. The Kier molecular flexibility index (Phi) is 4.56. The molecule has 0 amide bonds. The average Bonchev–Trinajstić information content (AvgIpc) is 2.26. The number of ether oxygens (including phenoxy) is 1. The molecule has 2 nitrogen and oxygen atoms in total. The summed E-state index contributed by atoms with van der Waals surface area (Å²) < 4.78 is 18.6. The van der Waals surface area contributed by atoms with Gasteiger partial charge in [-0.15, -0.1) is 0 Å². The summed E-state index contributed by atoms with van der Waals surface area (Å²) in [5, 5.41) is 3.07. The quantitative estimate of drug-likeness (QED) is 0.805. The zero-order valence-electron chi connectivity index (χ0n) is 9.56. The van der Waals surface area contributed by atoms with Gasteiger partial charge in [-0.05, 0) is 43.6 Å². The molecule has 15 heavy (non-hydrogen) atoms. The molecule has 84 valence electrons. The van der Waals surface area contributed by atoms with Crippen molar-refractivity contribution in [1.29, 1.82) is 0 Å². The number of methoxy groups -OCH3 is 1. The maximum absolute atomic E-state index is 13.4. The second-order valence-electron chi connectivity index (χ2n) is 3.46. The molecule has 0 aliphatic carbocycles. The first kappa shape index (κ1) is 12.0. The van der Waals surface area contributed by atoms with Crippen LogP contribution in [0.25, 0.3) is 0 Å². The zero-order valence-corrected chi connectivity index (χ0v) is 9.56. The van der Waals surface area contributed by atoms with E-state index < -0.39 is 0 Å². The Balaban J connectivity index is 2.99. The lowest BCUT2D eigenvalue weighted by Gasteiger charge is -2.11. The van der Waals surface area contributed by atoms with Crippen LogP contribution in [-0.2, 0) is 12.8 Å². The molecule has 0 bridgehead atoms. The van der Waals surface area contributed by atoms with Gasteiger partial charge in [-0.25, -0.2) is 4.39 Å². The smallest absolute Gasteiger partial charge is 0.130 e. The predicted molar refractivity (Wildman–Crippen MR) is 60.0 cm³/mol. The highest BCUT2D eigenvalue weighted by atomic mass is 19.1. The standard InChI is InChI=1S/C12H18FNO/c1-4-9-7-10(5-6-14-2)12(15-3)8-11(9)13/h7-8,14H,4-6H2,1-3H3. The second-order valence-corrected chi connectivity index (χ2v) is 3.46. The van der Waals surface area contributed by atoms with Crippen molar-refractivity contribution in [3.8, 4) is 5.75 Å². The molecular formula is C12H18FNO. The molecule has 0 unspecified atom stereocenters. The van der Waals surface area contributed by atoms with Crippen LogP contribution in [0.5, 0.6) is 5.75 Å². The molecule has 1 aromatic rings. The fraction of sp³-hybridized carbons (Fsp3) is 0.500. The van der Waals surface area contributed by atoms with Crippen LogP contribution in [0.3, 0.4) is 0 Å². The van der Waals surface area contributed by atoms with Gasteiger partial charge in [0.25, 0.3) is 0 Å². The first-order chi connectivity index (χ1) is 7.22. The van der Waals surface area contributed by atoms with Crippen molar-refractivity contribution in [3.63, 3.8) is 0 Å². The molecule has 3 heteroatoms. The first-order valence-corrected chi connectivity index (χ1v) is 5.22. The van der Waals surface area contributed by atoms with Crippen molar-refractivity contribution in [2.24, 2.45) is 0 Å². The molecule has 0 saturated heterocycles. The van der Waals surface area contributed by atoms with Gasteiger partial charge in [-0.3, -0.25) is 0 Å². The summed E-state index contributed by atoms with van der Waals surface area (Å²) in [4.78, 5) is 0. The van der Waals surface area contributed by atoms with E-state index in [4.69, 9.17) is 4.74 Å². The van der Waals surface area contributed by atoms with Crippen molar-refractivity contribution in [2.45, 2.75) is 19.8 Å². The fourth-order valence-electron chi connectivity index (χ4n) is 1.57. The number of aryl methyl sites for hydroxylation is 1. The minimum absolute atomic E-state index is 0.178. The Morgan fingerprint density at radius 1 is 1.33 bits per heavy atom. The van der Waals surface area contributed by atoms with Crippen LogP contribution in [0, 0.1) is 5.82 Å². The van der Waals surface area contributed by atoms with Gasteiger partial charge in [0.15, 0.2) is 0 Å². The number of hydrogen-bond donors (Lipinski definition) is 1. The first-order valence-electron chi connectivity index (χ1n) is 5.22. The molecule has 1 aromatic carbocycles. The number of halogens is 1. The van der Waals surface area contributed by atoms with Crippen LogP contribution in [0.4, 0.5) is 4.39 Å². The highest BCUT2D eigenvalue weighted by Gasteiger charge is 2.08. The third kappa shape index (κ3) is 2.93. The highest BCUT2D eigenvalue weighted by molar-refractivity contribution is 5.38. The third-order valence-electron chi connectivity index (χ3n) is 2.47. The molecule has 0 aliphatic rings. The van der Waals surface area contributed by atoms with E-state index in [-0.39, 0.29) is 5.82 Å². The molecule has 1 rings (SSSR count). The summed E-state index contributed by atoms with van der Waals surface area (Å²) in [6, 6.07) is 3.37. The molecular weight excluding hydrogens is 193 g/mol. The van der Waals surface area contributed by atoms with E-state index in [0.717, 1.165) is 24.1 Å². The van der Waals surface area contributed by atoms with Crippen molar-refractivity contribution >= 4 is 0 Å². The number of hydrogen-bond acceptors (Lipinski definition) is 2. The monoisotopic (exact) mass is 211 g/mol. The van der Waals surface area contributed by atoms with Gasteiger partial charge in [0.05, 0.1) is 7.11 Å². The number of rotatable bonds is 5. The Morgan fingerprint density at radius 3 is 2.60 bits per heavy atom. The SMILES string of the molecule is CCc1cc(CCNC)c(OC)cc1F. The van der Waals surface area contributed by atoms with Gasteiger partial charge in [-0.2, -0.15) is 0 Å². The lowest BCUT2D eigenvalue weighted by atomic mass is 10.0. The topological polar surface area (TPSA) is 21.3 Å². The molecule has 0 radical (unpaired) electrons. The van der Waals surface area contributed by atoms with Gasteiger partial charge in [0.2, 0.25) is 0 Å². The lowest BCUT2D eigenvalue weighted by Crippen LogP contribution is -2.11. The van der Waals surface area contributed by atoms with E-state index in [1.165, 1.54) is 6.07 Å². The molecule has 0 fully saturated rings. The molecule has 0 heterocycles. The van der Waals surface area contributed by atoms with Crippen LogP contribution in [-0.4, -0.2) is 20.7 Å². The summed E-state index contributed by atoms with van der Waals surface area (Å²) in [6.07, 6.45) is 1.56. The number of likely N-dealkylation sites (N-methyl/N-ethyl adjacent to an activating group) is 1. The van der Waals surface area contributed by atoms with Gasteiger partial charge < -0.3 is 10.1 Å². The largest absolute Gasteiger partial charge is 0.496 e. The maximum Gasteiger partial charge on any atom is 0.130 e. The molecule has 0 spiro atoms. The molecule has 0 saturated carbocycles. The van der Waals surface area contributed by atoms with E-state index in [2.05, 4.69) is 5.32 Å². The summed E-state index contributed by atoms with van der Waals surface area (Å²) >= 11 is 0. The minimum Gasteiger partial charge on any atom is -0.496 e. The van der Waals surface area contributed by atoms with E-state index in [9.17, 15) is 4.39 Å². The van der Waals surface area contributed by atoms with Crippen molar-refractivity contribution in [2.75, 3.05) is 20.7 Å². The van der Waals surface area contributed by atoms with Gasteiger partial charge >= 0.3 is 0 Å². The van der Waals surface area contributed by atoms with Gasteiger partial charge in [-0.1, -0.05) is 6.92 Å². The predicted octanol–water partition coefficient (Wildman–Crippen LogP) is 2.16. The Morgan fingerprint density at radius 2 is 2.07 bits per heavy atom. The normalized spacial score (nSPS) is 10.4. The van der Waals surface area contributed by atoms with Crippen LogP contribution in [0.2, 0.25) is 0 Å². The Labute approximate surface area is 90.4 Å². The second kappa shape index (κ2) is 5.71.